The van der Waals surface area contributed by atoms with E-state index < -0.39 is 0 Å². The van der Waals surface area contributed by atoms with Crippen molar-refractivity contribution in [1.29, 1.82) is 0 Å². The van der Waals surface area contributed by atoms with Crippen molar-refractivity contribution in [2.24, 2.45) is 0 Å². The maximum absolute atomic E-state index is 6.46. The van der Waals surface area contributed by atoms with Crippen molar-refractivity contribution in [1.82, 2.24) is 24.9 Å². The van der Waals surface area contributed by atoms with Gasteiger partial charge < -0.3 is 4.52 Å². The lowest BCUT2D eigenvalue weighted by molar-refractivity contribution is 0.374. The van der Waals surface area contributed by atoms with Crippen molar-refractivity contribution in [3.8, 4) is 11.4 Å². The normalized spacial score (nSPS) is 12.2. The van der Waals surface area contributed by atoms with Gasteiger partial charge in [0.1, 0.15) is 0 Å². The molecule has 0 aliphatic heterocycles. The van der Waals surface area contributed by atoms with Crippen molar-refractivity contribution in [3.63, 3.8) is 0 Å². The van der Waals surface area contributed by atoms with E-state index in [1.807, 2.05) is 49.4 Å². The summed E-state index contributed by atoms with van der Waals surface area (Å²) in [6, 6.07) is 17.9. The second-order valence-corrected chi connectivity index (χ2v) is 8.63. The Morgan fingerprint density at radius 2 is 1.83 bits per heavy atom. The lowest BCUT2D eigenvalue weighted by Crippen LogP contribution is -2.05. The molecule has 0 saturated heterocycles. The molecule has 0 fully saturated rings. The van der Waals surface area contributed by atoms with Crippen LogP contribution in [0.25, 0.3) is 11.4 Å². The molecule has 2 aromatic heterocycles. The van der Waals surface area contributed by atoms with Gasteiger partial charge in [0.15, 0.2) is 16.8 Å². The Kier molecular flexibility index (Phi) is 6.50. The van der Waals surface area contributed by atoms with E-state index in [1.165, 1.54) is 0 Å². The van der Waals surface area contributed by atoms with E-state index in [-0.39, 0.29) is 5.25 Å². The van der Waals surface area contributed by atoms with Gasteiger partial charge in [-0.1, -0.05) is 77.9 Å². The van der Waals surface area contributed by atoms with Gasteiger partial charge in [0.25, 0.3) is 0 Å². The zero-order valence-corrected chi connectivity index (χ0v) is 18.4. The number of hydrogen-bond donors (Lipinski definition) is 0. The summed E-state index contributed by atoms with van der Waals surface area (Å²) in [5, 5.41) is 14.4. The topological polar surface area (TPSA) is 69.6 Å². The summed E-state index contributed by atoms with van der Waals surface area (Å²) >= 11 is 8.00. The van der Waals surface area contributed by atoms with E-state index in [9.17, 15) is 0 Å². The molecule has 1 atom stereocenters. The number of thioether (sulfide) groups is 1. The van der Waals surface area contributed by atoms with Crippen LogP contribution in [-0.2, 0) is 13.0 Å². The number of hydrogen-bond acceptors (Lipinski definition) is 6. The Morgan fingerprint density at radius 1 is 1.07 bits per heavy atom. The minimum Gasteiger partial charge on any atom is -0.338 e. The fourth-order valence-electron chi connectivity index (χ4n) is 3.09. The number of rotatable bonds is 8. The number of aromatic nitrogens is 5. The minimum absolute atomic E-state index is 0.0547. The second-order valence-electron chi connectivity index (χ2n) is 6.92. The average molecular weight is 440 g/mol. The standard InChI is InChI=1S/C22H22ClN5OS/c1-3-9-19-24-21(29-27-19)15(2)30-22-26-25-20(17-12-7-8-13-18(17)23)28(22)14-16-10-5-4-6-11-16/h4-8,10-13,15H,3,9,14H2,1-2H3/t15-/m1/s1. The highest BCUT2D eigenvalue weighted by molar-refractivity contribution is 7.99. The summed E-state index contributed by atoms with van der Waals surface area (Å²) in [6.45, 7) is 4.76. The molecule has 0 bridgehead atoms. The average Bonchev–Trinajstić information content (AvgIpc) is 3.37. The molecular weight excluding hydrogens is 418 g/mol. The lowest BCUT2D eigenvalue weighted by atomic mass is 10.2. The zero-order valence-electron chi connectivity index (χ0n) is 16.8. The molecule has 30 heavy (non-hydrogen) atoms. The van der Waals surface area contributed by atoms with Crippen molar-refractivity contribution in [2.75, 3.05) is 0 Å². The van der Waals surface area contributed by atoms with Crippen LogP contribution in [0.2, 0.25) is 5.02 Å². The van der Waals surface area contributed by atoms with Crippen molar-refractivity contribution in [2.45, 2.75) is 43.6 Å². The maximum Gasteiger partial charge on any atom is 0.239 e. The van der Waals surface area contributed by atoms with Crippen LogP contribution >= 0.6 is 23.4 Å². The molecule has 0 unspecified atom stereocenters. The van der Waals surface area contributed by atoms with Gasteiger partial charge in [-0.25, -0.2) is 0 Å². The SMILES string of the molecule is CCCc1noc([C@@H](C)Sc2nnc(-c3ccccc3Cl)n2Cc2ccccc2)n1. The van der Waals surface area contributed by atoms with Gasteiger partial charge >= 0.3 is 0 Å². The predicted octanol–water partition coefficient (Wildman–Crippen LogP) is 5.84. The van der Waals surface area contributed by atoms with Crippen LogP contribution in [0, 0.1) is 0 Å². The summed E-state index contributed by atoms with van der Waals surface area (Å²) in [5.41, 5.74) is 2.01. The number of nitrogens with zero attached hydrogens (tertiary/aromatic N) is 5. The third-order valence-electron chi connectivity index (χ3n) is 4.60. The van der Waals surface area contributed by atoms with Gasteiger partial charge in [0.05, 0.1) is 16.8 Å². The molecule has 6 nitrogen and oxygen atoms in total. The monoisotopic (exact) mass is 439 g/mol. The highest BCUT2D eigenvalue weighted by Gasteiger charge is 2.22. The summed E-state index contributed by atoms with van der Waals surface area (Å²) in [4.78, 5) is 4.51. The molecule has 8 heteroatoms. The highest BCUT2D eigenvalue weighted by atomic mass is 35.5. The van der Waals surface area contributed by atoms with Gasteiger partial charge in [-0.3, -0.25) is 4.57 Å². The van der Waals surface area contributed by atoms with E-state index in [0.717, 1.165) is 40.8 Å². The zero-order chi connectivity index (χ0) is 20.9. The minimum atomic E-state index is -0.0547. The first-order valence-corrected chi connectivity index (χ1v) is 11.1. The van der Waals surface area contributed by atoms with Gasteiger partial charge in [-0.05, 0) is 31.0 Å². The number of halogens is 1. The summed E-state index contributed by atoms with van der Waals surface area (Å²) in [6.07, 6.45) is 1.79. The first-order chi connectivity index (χ1) is 14.7. The Labute approximate surface area is 184 Å². The molecule has 0 aliphatic rings. The maximum atomic E-state index is 6.46. The van der Waals surface area contributed by atoms with Crippen LogP contribution in [0.15, 0.2) is 64.3 Å². The molecule has 0 amide bonds. The molecule has 154 valence electrons. The van der Waals surface area contributed by atoms with Gasteiger partial charge in [0.2, 0.25) is 5.89 Å². The van der Waals surface area contributed by atoms with E-state index in [2.05, 4.69) is 44.0 Å². The van der Waals surface area contributed by atoms with Crippen molar-refractivity contribution in [3.05, 3.63) is 76.9 Å². The lowest BCUT2D eigenvalue weighted by Gasteiger charge is -2.12. The smallest absolute Gasteiger partial charge is 0.239 e. The van der Waals surface area contributed by atoms with Crippen LogP contribution in [0.1, 0.15) is 42.8 Å². The molecule has 0 N–H and O–H groups in total. The van der Waals surface area contributed by atoms with Crippen LogP contribution in [-0.4, -0.2) is 24.9 Å². The molecule has 0 saturated carbocycles. The quantitative estimate of drug-likeness (QED) is 0.321. The second kappa shape index (κ2) is 9.45. The fourth-order valence-corrected chi connectivity index (χ4v) is 4.19. The molecule has 2 aromatic carbocycles. The van der Waals surface area contributed by atoms with E-state index in [4.69, 9.17) is 16.1 Å². The summed E-state index contributed by atoms with van der Waals surface area (Å²) in [7, 11) is 0. The van der Waals surface area contributed by atoms with Crippen LogP contribution in [0.3, 0.4) is 0 Å². The van der Waals surface area contributed by atoms with Gasteiger partial charge in [-0.2, -0.15) is 4.98 Å². The van der Waals surface area contributed by atoms with Gasteiger partial charge in [0, 0.05) is 12.0 Å². The summed E-state index contributed by atoms with van der Waals surface area (Å²) in [5.74, 6) is 2.07. The fraction of sp³-hybridized carbons (Fsp3) is 0.273. The van der Waals surface area contributed by atoms with E-state index in [1.54, 1.807) is 11.8 Å². The van der Waals surface area contributed by atoms with Crippen LogP contribution < -0.4 is 0 Å². The molecule has 4 rings (SSSR count). The third kappa shape index (κ3) is 4.57. The molecule has 0 aliphatic carbocycles. The summed E-state index contributed by atoms with van der Waals surface area (Å²) < 4.78 is 7.54. The Morgan fingerprint density at radius 3 is 2.60 bits per heavy atom. The molecule has 0 spiro atoms. The third-order valence-corrected chi connectivity index (χ3v) is 6.00. The van der Waals surface area contributed by atoms with Gasteiger partial charge in [-0.15, -0.1) is 10.2 Å². The molecule has 4 aromatic rings. The highest BCUT2D eigenvalue weighted by Crippen LogP contribution is 2.36. The van der Waals surface area contributed by atoms with Crippen molar-refractivity contribution < 1.29 is 4.52 Å². The van der Waals surface area contributed by atoms with Crippen LogP contribution in [0.4, 0.5) is 0 Å². The Bertz CT molecular complexity index is 1110. The van der Waals surface area contributed by atoms with E-state index in [0.29, 0.717) is 17.5 Å². The largest absolute Gasteiger partial charge is 0.338 e. The first kappa shape index (κ1) is 20.6. The van der Waals surface area contributed by atoms with E-state index >= 15 is 0 Å². The number of aryl methyl sites for hydroxylation is 1. The Balaban J connectivity index is 1.67. The molecular formula is C22H22ClN5OS. The predicted molar refractivity (Wildman–Crippen MR) is 119 cm³/mol. The Hall–Kier alpha value is -2.64. The van der Waals surface area contributed by atoms with Crippen LogP contribution in [0.5, 0.6) is 0 Å². The molecule has 0 radical (unpaired) electrons. The number of benzene rings is 2. The molecule has 2 heterocycles. The van der Waals surface area contributed by atoms with Crippen molar-refractivity contribution >= 4 is 23.4 Å². The first-order valence-electron chi connectivity index (χ1n) is 9.87.